The highest BCUT2D eigenvalue weighted by molar-refractivity contribution is 6.53. The van der Waals surface area contributed by atoms with Gasteiger partial charge in [-0.2, -0.15) is 0 Å². The summed E-state index contributed by atoms with van der Waals surface area (Å²) in [5, 5.41) is 5.91. The topological polar surface area (TPSA) is 97.0 Å². The molecule has 196 valence electrons. The molecule has 1 aliphatic heterocycles. The number of methoxy groups -OCH3 is 2. The fourth-order valence-corrected chi connectivity index (χ4v) is 4.37. The predicted octanol–water partition coefficient (Wildman–Crippen LogP) is 5.07. The van der Waals surface area contributed by atoms with Gasteiger partial charge < -0.3 is 20.1 Å². The van der Waals surface area contributed by atoms with Gasteiger partial charge in [-0.1, -0.05) is 41.4 Å². The Kier molecular flexibility index (Phi) is 8.24. The number of imide groups is 1. The first kappa shape index (κ1) is 27.0. The van der Waals surface area contributed by atoms with Crippen molar-refractivity contribution in [3.8, 4) is 11.5 Å². The first-order chi connectivity index (χ1) is 18.2. The van der Waals surface area contributed by atoms with E-state index in [2.05, 4.69) is 10.6 Å². The Hall–Kier alpha value is -4.01. The van der Waals surface area contributed by atoms with Crippen LogP contribution in [0.4, 0.5) is 11.4 Å². The minimum atomic E-state index is -0.659. The molecule has 0 unspecified atom stereocenters. The van der Waals surface area contributed by atoms with Gasteiger partial charge in [0.15, 0.2) is 11.5 Å². The summed E-state index contributed by atoms with van der Waals surface area (Å²) < 4.78 is 10.6. The number of carbonyl (C=O) groups excluding carboxylic acids is 3. The molecule has 1 heterocycles. The zero-order valence-corrected chi connectivity index (χ0v) is 22.4. The molecule has 8 nitrogen and oxygen atoms in total. The molecule has 0 radical (unpaired) electrons. The highest BCUT2D eigenvalue weighted by atomic mass is 35.5. The Bertz CT molecular complexity index is 1450. The van der Waals surface area contributed by atoms with Gasteiger partial charge in [-0.25, -0.2) is 4.90 Å². The third-order valence-corrected chi connectivity index (χ3v) is 6.57. The maximum atomic E-state index is 13.1. The summed E-state index contributed by atoms with van der Waals surface area (Å²) in [5.74, 6) is -0.317. The van der Waals surface area contributed by atoms with E-state index in [-0.39, 0.29) is 16.6 Å². The van der Waals surface area contributed by atoms with Crippen LogP contribution in [-0.4, -0.2) is 38.5 Å². The van der Waals surface area contributed by atoms with Gasteiger partial charge in [-0.3, -0.25) is 14.4 Å². The van der Waals surface area contributed by atoms with E-state index in [0.29, 0.717) is 52.0 Å². The van der Waals surface area contributed by atoms with Gasteiger partial charge >= 0.3 is 0 Å². The number of nitrogens with zero attached hydrogens (tertiary/aromatic N) is 1. The number of hydrogen-bond donors (Lipinski definition) is 2. The van der Waals surface area contributed by atoms with Crippen LogP contribution in [0.15, 0.2) is 71.4 Å². The molecule has 3 amide bonds. The number of nitrogens with one attached hydrogen (secondary N) is 2. The molecule has 0 spiro atoms. The summed E-state index contributed by atoms with van der Waals surface area (Å²) in [5.41, 5.74) is 2.74. The molecule has 0 saturated heterocycles. The Morgan fingerprint density at radius 1 is 0.921 bits per heavy atom. The van der Waals surface area contributed by atoms with Crippen molar-refractivity contribution < 1.29 is 23.9 Å². The van der Waals surface area contributed by atoms with E-state index >= 15 is 0 Å². The largest absolute Gasteiger partial charge is 0.493 e. The number of amides is 3. The van der Waals surface area contributed by atoms with Gasteiger partial charge in [0.05, 0.1) is 19.9 Å². The van der Waals surface area contributed by atoms with Crippen molar-refractivity contribution in [2.24, 2.45) is 0 Å². The molecule has 0 aliphatic carbocycles. The lowest BCUT2D eigenvalue weighted by atomic mass is 10.1. The van der Waals surface area contributed by atoms with Gasteiger partial charge in [-0.05, 0) is 66.9 Å². The molecule has 4 rings (SSSR count). The van der Waals surface area contributed by atoms with Crippen molar-refractivity contribution >= 4 is 52.3 Å². The van der Waals surface area contributed by atoms with E-state index in [1.807, 2.05) is 18.2 Å². The smallest absolute Gasteiger partial charge is 0.283 e. The summed E-state index contributed by atoms with van der Waals surface area (Å²) in [6.07, 6.45) is 0.585. The number of carbonyl (C=O) groups is 3. The molecule has 0 atom stereocenters. The lowest BCUT2D eigenvalue weighted by Crippen LogP contribution is -2.32. The highest BCUT2D eigenvalue weighted by Gasteiger charge is 2.39. The van der Waals surface area contributed by atoms with Gasteiger partial charge in [-0.15, -0.1) is 0 Å². The summed E-state index contributed by atoms with van der Waals surface area (Å²) in [4.78, 5) is 39.7. The van der Waals surface area contributed by atoms with Crippen LogP contribution in [0, 0.1) is 6.92 Å². The van der Waals surface area contributed by atoms with E-state index in [1.165, 1.54) is 6.07 Å². The lowest BCUT2D eigenvalue weighted by Gasteiger charge is -2.18. The number of hydrogen-bond acceptors (Lipinski definition) is 6. The van der Waals surface area contributed by atoms with Crippen LogP contribution < -0.4 is 25.0 Å². The Labute approximate surface area is 230 Å². The number of rotatable bonds is 9. The molecule has 3 aromatic carbocycles. The van der Waals surface area contributed by atoms with Crippen molar-refractivity contribution in [3.05, 3.63) is 93.1 Å². The second-order valence-corrected chi connectivity index (χ2v) is 9.28. The maximum absolute atomic E-state index is 13.1. The summed E-state index contributed by atoms with van der Waals surface area (Å²) in [6.45, 7) is 2.16. The van der Waals surface area contributed by atoms with E-state index in [4.69, 9.17) is 32.7 Å². The Morgan fingerprint density at radius 2 is 1.68 bits per heavy atom. The lowest BCUT2D eigenvalue weighted by molar-refractivity contribution is -0.120. The van der Waals surface area contributed by atoms with Gasteiger partial charge in [0.25, 0.3) is 17.7 Å². The normalized spacial score (nSPS) is 13.1. The monoisotopic (exact) mass is 553 g/mol. The SMILES string of the molecule is COc1ccc(CCNC(=O)c2cccc(NC3=C(Cl)C(=O)N(c4cc(Cl)ccc4C)C3=O)c2)cc1OC. The van der Waals surface area contributed by atoms with Crippen molar-refractivity contribution in [2.75, 3.05) is 31.0 Å². The number of anilines is 2. The van der Waals surface area contributed by atoms with Crippen LogP contribution in [-0.2, 0) is 16.0 Å². The molecule has 38 heavy (non-hydrogen) atoms. The quantitative estimate of drug-likeness (QED) is 0.359. The maximum Gasteiger partial charge on any atom is 0.283 e. The van der Waals surface area contributed by atoms with Crippen LogP contribution >= 0.6 is 23.2 Å². The van der Waals surface area contributed by atoms with Crippen molar-refractivity contribution in [3.63, 3.8) is 0 Å². The summed E-state index contributed by atoms with van der Waals surface area (Å²) in [7, 11) is 3.14. The minimum Gasteiger partial charge on any atom is -0.493 e. The fraction of sp³-hybridized carbons (Fsp3) is 0.179. The molecule has 1 aliphatic rings. The van der Waals surface area contributed by atoms with Crippen LogP contribution in [0.25, 0.3) is 0 Å². The number of halogens is 2. The van der Waals surface area contributed by atoms with Crippen molar-refractivity contribution in [1.29, 1.82) is 0 Å². The zero-order chi connectivity index (χ0) is 27.4. The molecule has 0 saturated carbocycles. The van der Waals surface area contributed by atoms with Gasteiger partial charge in [0.2, 0.25) is 0 Å². The Morgan fingerprint density at radius 3 is 2.42 bits per heavy atom. The van der Waals surface area contributed by atoms with Crippen LogP contribution in [0.5, 0.6) is 11.5 Å². The predicted molar refractivity (Wildman–Crippen MR) is 147 cm³/mol. The summed E-state index contributed by atoms with van der Waals surface area (Å²) in [6, 6.07) is 17.1. The van der Waals surface area contributed by atoms with Crippen LogP contribution in [0.3, 0.4) is 0 Å². The molecule has 0 bridgehead atoms. The molecule has 2 N–H and O–H groups in total. The fourth-order valence-electron chi connectivity index (χ4n) is 3.99. The van der Waals surface area contributed by atoms with Gasteiger partial charge in [0, 0.05) is 22.8 Å². The molecule has 10 heteroatoms. The third kappa shape index (κ3) is 5.61. The van der Waals surface area contributed by atoms with E-state index < -0.39 is 11.8 Å². The van der Waals surface area contributed by atoms with Crippen LogP contribution in [0.1, 0.15) is 21.5 Å². The molecule has 3 aromatic rings. The molecular formula is C28H25Cl2N3O5. The second kappa shape index (κ2) is 11.6. The van der Waals surface area contributed by atoms with E-state index in [1.54, 1.807) is 57.5 Å². The average molecular weight is 554 g/mol. The standard InChI is InChI=1S/C28H25Cl2N3O5/c1-16-7-9-19(29)15-21(16)33-27(35)24(30)25(28(33)36)32-20-6-4-5-18(14-20)26(34)31-12-11-17-8-10-22(37-2)23(13-17)38-3/h4-10,13-15,32H,11-12H2,1-3H3,(H,31,34). The Balaban J connectivity index is 1.43. The minimum absolute atomic E-state index is 0.0814. The highest BCUT2D eigenvalue weighted by Crippen LogP contribution is 2.33. The number of ether oxygens (including phenoxy) is 2. The number of aryl methyl sites for hydroxylation is 1. The number of benzene rings is 3. The third-order valence-electron chi connectivity index (χ3n) is 5.98. The van der Waals surface area contributed by atoms with Crippen molar-refractivity contribution in [2.45, 2.75) is 13.3 Å². The van der Waals surface area contributed by atoms with E-state index in [0.717, 1.165) is 10.5 Å². The summed E-state index contributed by atoms with van der Waals surface area (Å²) >= 11 is 12.3. The van der Waals surface area contributed by atoms with Crippen molar-refractivity contribution in [1.82, 2.24) is 5.32 Å². The van der Waals surface area contributed by atoms with Gasteiger partial charge in [0.1, 0.15) is 10.7 Å². The first-order valence-corrected chi connectivity index (χ1v) is 12.4. The molecule has 0 fully saturated rings. The van der Waals surface area contributed by atoms with Crippen LogP contribution in [0.2, 0.25) is 5.02 Å². The molecular weight excluding hydrogens is 529 g/mol. The average Bonchev–Trinajstić information content (AvgIpc) is 3.12. The first-order valence-electron chi connectivity index (χ1n) is 11.6. The zero-order valence-electron chi connectivity index (χ0n) is 20.9. The van der Waals surface area contributed by atoms with E-state index in [9.17, 15) is 14.4 Å². The molecule has 0 aromatic heterocycles. The second-order valence-electron chi connectivity index (χ2n) is 8.47.